The van der Waals surface area contributed by atoms with Crippen molar-refractivity contribution in [3.8, 4) is 23.3 Å². The summed E-state index contributed by atoms with van der Waals surface area (Å²) in [6.45, 7) is -0.599. The first kappa shape index (κ1) is 43.7. The Bertz CT molecular complexity index is 2110. The molecule has 0 aliphatic heterocycles. The summed E-state index contributed by atoms with van der Waals surface area (Å²) in [5.74, 6) is -1.12. The second-order valence-electron chi connectivity index (χ2n) is 10.2. The zero-order chi connectivity index (χ0) is 37.5. The Morgan fingerprint density at radius 2 is 1.26 bits per heavy atom. The van der Waals surface area contributed by atoms with Crippen LogP contribution in [0.3, 0.4) is 0 Å². The molecule has 0 aromatic carbocycles. The number of hydrogen-bond acceptors (Lipinski definition) is 12. The van der Waals surface area contributed by atoms with Gasteiger partial charge in [0.2, 0.25) is 11.8 Å². The number of aliphatic hydroxyl groups is 1. The van der Waals surface area contributed by atoms with Gasteiger partial charge in [-0.1, -0.05) is 23.2 Å². The number of halogens is 8. The van der Waals surface area contributed by atoms with E-state index >= 15 is 0 Å². The van der Waals surface area contributed by atoms with Crippen molar-refractivity contribution in [1.82, 2.24) is 49.5 Å². The number of Topliss-reactive ketones (excluding diaryl/α,β-unsaturated/α-hetero) is 1. The number of alkyl halides is 6. The number of carbonyl (C=O) groups excluding carboxylic acids is 1. The molecule has 0 aliphatic rings. The molecular weight excluding hydrogens is 783 g/mol. The van der Waals surface area contributed by atoms with Gasteiger partial charge in [-0.05, 0) is 24.3 Å². The van der Waals surface area contributed by atoms with Crippen LogP contribution in [0.2, 0.25) is 10.3 Å². The first-order chi connectivity index (χ1) is 24.7. The fourth-order valence-corrected chi connectivity index (χ4v) is 4.42. The van der Waals surface area contributed by atoms with E-state index in [1.54, 1.807) is 0 Å². The molecule has 0 bridgehead atoms. The fourth-order valence-electron chi connectivity index (χ4n) is 4.20. The van der Waals surface area contributed by atoms with E-state index in [4.69, 9.17) is 32.7 Å². The first-order valence-electron chi connectivity index (χ1n) is 14.2. The maximum absolute atomic E-state index is 13.4. The molecule has 54 heavy (non-hydrogen) atoms. The third-order valence-electron chi connectivity index (χ3n) is 6.50. The van der Waals surface area contributed by atoms with Gasteiger partial charge in [0.05, 0.1) is 35.6 Å². The number of aromatic nitrogens is 10. The summed E-state index contributed by atoms with van der Waals surface area (Å²) in [5, 5.41) is 18.0. The topological polar surface area (TPSA) is 169 Å². The van der Waals surface area contributed by atoms with Crippen molar-refractivity contribution in [2.24, 2.45) is 0 Å². The van der Waals surface area contributed by atoms with E-state index in [0.29, 0.717) is 12.1 Å². The van der Waals surface area contributed by atoms with Crippen LogP contribution >= 0.6 is 23.2 Å². The smallest absolute Gasteiger partial charge is 1.00 e. The Balaban J connectivity index is 0.000000360. The van der Waals surface area contributed by atoms with Crippen LogP contribution in [0.4, 0.5) is 26.3 Å². The molecule has 0 saturated carbocycles. The molecule has 6 aromatic rings. The number of rotatable bonds is 10. The van der Waals surface area contributed by atoms with E-state index in [-0.39, 0.29) is 79.5 Å². The van der Waals surface area contributed by atoms with Crippen LogP contribution in [0, 0.1) is 0 Å². The average molecular weight is 804 g/mol. The molecule has 1 atom stereocenters. The quantitative estimate of drug-likeness (QED) is 0.0929. The summed E-state index contributed by atoms with van der Waals surface area (Å²) in [6, 6.07) is 7.08. The van der Waals surface area contributed by atoms with Gasteiger partial charge in [0.25, 0.3) is 0 Å². The molecular formula is C30H21BCl2F6N10NaO4. The molecule has 0 spiro atoms. The molecule has 275 valence electrons. The van der Waals surface area contributed by atoms with Gasteiger partial charge in [-0.2, -0.15) is 36.5 Å². The van der Waals surface area contributed by atoms with Crippen LogP contribution in [0.15, 0.2) is 86.5 Å². The summed E-state index contributed by atoms with van der Waals surface area (Å²) in [4.78, 5) is 34.6. The van der Waals surface area contributed by atoms with Gasteiger partial charge in [-0.15, -0.1) is 0 Å². The molecule has 0 aliphatic carbocycles. The van der Waals surface area contributed by atoms with Crippen LogP contribution in [-0.2, 0) is 25.4 Å². The zero-order valence-corrected chi connectivity index (χ0v) is 30.8. The van der Waals surface area contributed by atoms with Gasteiger partial charge >= 0.3 is 41.9 Å². The largest absolute Gasteiger partial charge is 1.00 e. The number of carbonyl (C=O) groups is 1. The number of pyridine rings is 4. The van der Waals surface area contributed by atoms with Crippen LogP contribution in [-0.4, -0.2) is 68.8 Å². The second kappa shape index (κ2) is 19.1. The molecule has 14 nitrogen and oxygen atoms in total. The standard InChI is InChI=1S/C15H11ClF3N5O2.C15H9ClF3N5O2.B.Na.H/c2*16-13-2-1-9(4-21-13)26-14-3-11(15(17,18)19)10(5-22-14)12(25)6-24-8-20-7-23-24;;;/h1-5,7-8,12,25H,6H2;1-5,7-8H,6H2;;;/q;;;+1;-1. The molecule has 6 heterocycles. The Morgan fingerprint density at radius 1 is 0.759 bits per heavy atom. The minimum absolute atomic E-state index is 0. The SMILES string of the molecule is O=C(Cn1cncn1)c1cnc(Oc2ccc(Cl)nc2)cc1C(F)(F)F.OC(Cn1cncn1)c1cnc(Oc2ccc(Cl)nc2)cc1C(F)(F)F.[B].[H-].[Na+]. The molecule has 0 amide bonds. The zero-order valence-electron chi connectivity index (χ0n) is 28.3. The molecule has 1 unspecified atom stereocenters. The van der Waals surface area contributed by atoms with Crippen molar-refractivity contribution >= 4 is 37.4 Å². The molecule has 6 aromatic heterocycles. The van der Waals surface area contributed by atoms with Crippen LogP contribution in [0.5, 0.6) is 23.3 Å². The maximum atomic E-state index is 13.4. The van der Waals surface area contributed by atoms with E-state index in [2.05, 4.69) is 40.1 Å². The molecule has 0 saturated heterocycles. The van der Waals surface area contributed by atoms with Gasteiger partial charge in [0.15, 0.2) is 5.78 Å². The summed E-state index contributed by atoms with van der Waals surface area (Å²) in [6.07, 6.45) is -1.83. The monoisotopic (exact) mass is 803 g/mol. The van der Waals surface area contributed by atoms with Gasteiger partial charge in [-0.3, -0.25) is 9.48 Å². The minimum Gasteiger partial charge on any atom is -1.00 e. The van der Waals surface area contributed by atoms with Crippen molar-refractivity contribution < 1.29 is 76.7 Å². The summed E-state index contributed by atoms with van der Waals surface area (Å²) < 4.78 is 93.1. The molecule has 3 radical (unpaired) electrons. The Morgan fingerprint density at radius 3 is 1.72 bits per heavy atom. The third-order valence-corrected chi connectivity index (χ3v) is 6.95. The predicted octanol–water partition coefficient (Wildman–Crippen LogP) is 3.42. The summed E-state index contributed by atoms with van der Waals surface area (Å²) in [7, 11) is 0. The van der Waals surface area contributed by atoms with Crippen molar-refractivity contribution in [2.75, 3.05) is 0 Å². The van der Waals surface area contributed by atoms with E-state index < -0.39 is 53.0 Å². The molecule has 0 fully saturated rings. The maximum Gasteiger partial charge on any atom is 1.00 e. The number of aliphatic hydroxyl groups excluding tert-OH is 1. The Hall–Kier alpha value is -4.67. The average Bonchev–Trinajstić information content (AvgIpc) is 3.81. The number of ketones is 1. The number of ether oxygens (including phenoxy) is 2. The summed E-state index contributed by atoms with van der Waals surface area (Å²) >= 11 is 11.3. The summed E-state index contributed by atoms with van der Waals surface area (Å²) in [5.41, 5.74) is -3.20. The molecule has 24 heteroatoms. The van der Waals surface area contributed by atoms with E-state index in [1.165, 1.54) is 66.7 Å². The van der Waals surface area contributed by atoms with Crippen molar-refractivity contribution in [1.29, 1.82) is 0 Å². The first-order valence-corrected chi connectivity index (χ1v) is 15.0. The van der Waals surface area contributed by atoms with Gasteiger partial charge < -0.3 is 16.0 Å². The van der Waals surface area contributed by atoms with Crippen LogP contribution in [0.25, 0.3) is 0 Å². The third kappa shape index (κ3) is 12.2. The molecule has 1 N–H and O–H groups in total. The number of nitrogens with zero attached hydrogens (tertiary/aromatic N) is 10. The van der Waals surface area contributed by atoms with Gasteiger partial charge in [0.1, 0.15) is 59.8 Å². The van der Waals surface area contributed by atoms with Crippen molar-refractivity contribution in [2.45, 2.75) is 31.5 Å². The van der Waals surface area contributed by atoms with Crippen LogP contribution < -0.4 is 39.0 Å². The van der Waals surface area contributed by atoms with E-state index in [9.17, 15) is 36.2 Å². The normalized spacial score (nSPS) is 11.6. The van der Waals surface area contributed by atoms with Crippen LogP contribution in [0.1, 0.15) is 34.6 Å². The van der Waals surface area contributed by atoms with Crippen molar-refractivity contribution in [3.63, 3.8) is 0 Å². The number of hydrogen-bond donors (Lipinski definition) is 1. The Kier molecular flexibility index (Phi) is 15.5. The van der Waals surface area contributed by atoms with Gasteiger partial charge in [-0.25, -0.2) is 34.6 Å². The van der Waals surface area contributed by atoms with Gasteiger partial charge in [0, 0.05) is 38.5 Å². The van der Waals surface area contributed by atoms with E-state index in [0.717, 1.165) is 17.1 Å². The predicted molar refractivity (Wildman–Crippen MR) is 173 cm³/mol. The fraction of sp³-hybridized carbons (Fsp3) is 0.167. The minimum atomic E-state index is -4.77. The Labute approximate surface area is 335 Å². The second-order valence-corrected chi connectivity index (χ2v) is 10.9. The molecule has 6 rings (SSSR count). The van der Waals surface area contributed by atoms with E-state index in [1.807, 2.05) is 0 Å². The van der Waals surface area contributed by atoms with Crippen molar-refractivity contribution in [3.05, 3.63) is 119 Å².